The van der Waals surface area contributed by atoms with Crippen molar-refractivity contribution < 1.29 is 22.8 Å². The highest BCUT2D eigenvalue weighted by molar-refractivity contribution is 5.95. The fourth-order valence-corrected chi connectivity index (χ4v) is 5.23. The first-order valence-electron chi connectivity index (χ1n) is 11.9. The molecule has 1 saturated carbocycles. The van der Waals surface area contributed by atoms with Gasteiger partial charge in [0.05, 0.1) is 17.2 Å². The highest BCUT2D eigenvalue weighted by Gasteiger charge is 2.51. The molecule has 1 aromatic carbocycles. The second-order valence-electron chi connectivity index (χ2n) is 9.83. The van der Waals surface area contributed by atoms with Gasteiger partial charge in [0.25, 0.3) is 5.91 Å². The fraction of sp³-hybridized carbons (Fsp3) is 0.480. The number of amides is 2. The number of carbonyl (C=O) groups excluding carboxylic acids is 2. The molecule has 3 heterocycles. The summed E-state index contributed by atoms with van der Waals surface area (Å²) in [6, 6.07) is 6.51. The summed E-state index contributed by atoms with van der Waals surface area (Å²) >= 11 is 0. The Morgan fingerprint density at radius 1 is 1.14 bits per heavy atom. The monoisotopic (exact) mass is 498 g/mol. The van der Waals surface area contributed by atoms with Gasteiger partial charge in [0.15, 0.2) is 0 Å². The largest absolute Gasteiger partial charge is 0.417 e. The Balaban J connectivity index is 1.34. The van der Waals surface area contributed by atoms with Crippen LogP contribution in [0.25, 0.3) is 0 Å². The Morgan fingerprint density at radius 2 is 1.83 bits per heavy atom. The van der Waals surface area contributed by atoms with Crippen LogP contribution < -0.4 is 10.2 Å². The van der Waals surface area contributed by atoms with Gasteiger partial charge in [0.1, 0.15) is 6.04 Å². The number of rotatable bonds is 4. The second kappa shape index (κ2) is 9.08. The first kappa shape index (κ1) is 24.0. The van der Waals surface area contributed by atoms with Crippen LogP contribution in [0.15, 0.2) is 36.7 Å². The maximum absolute atomic E-state index is 13.4. The van der Waals surface area contributed by atoms with Gasteiger partial charge in [0.2, 0.25) is 11.7 Å². The smallest absolute Gasteiger partial charge is 0.371 e. The third-order valence-electron chi connectivity index (χ3n) is 7.37. The zero-order valence-corrected chi connectivity index (χ0v) is 19.5. The number of aromatic nitrogens is 2. The molecule has 11 heteroatoms. The second-order valence-corrected chi connectivity index (χ2v) is 9.83. The van der Waals surface area contributed by atoms with Crippen molar-refractivity contribution >= 4 is 17.5 Å². The lowest BCUT2D eigenvalue weighted by Gasteiger charge is -2.40. The van der Waals surface area contributed by atoms with E-state index in [2.05, 4.69) is 15.3 Å². The van der Waals surface area contributed by atoms with E-state index in [4.69, 9.17) is 5.26 Å². The molecule has 188 valence electrons. The SMILES string of the molecule is N#Cc1ccc(N2CCC3(CC2)CC(C(=O)NC2CC2)N(C(=O)c2ncccn2)C3)cc1C(F)(F)F. The summed E-state index contributed by atoms with van der Waals surface area (Å²) in [5, 5.41) is 12.1. The minimum absolute atomic E-state index is 0.0356. The van der Waals surface area contributed by atoms with Crippen molar-refractivity contribution in [3.05, 3.63) is 53.6 Å². The van der Waals surface area contributed by atoms with Gasteiger partial charge in [-0.2, -0.15) is 18.4 Å². The molecule has 1 N–H and O–H groups in total. The van der Waals surface area contributed by atoms with Gasteiger partial charge in [-0.05, 0) is 61.8 Å². The number of benzene rings is 1. The molecule has 1 aliphatic carbocycles. The number of nitrogens with zero attached hydrogens (tertiary/aromatic N) is 5. The summed E-state index contributed by atoms with van der Waals surface area (Å²) in [5.74, 6) is -0.538. The normalized spacial score (nSPS) is 21.3. The molecule has 0 bridgehead atoms. The van der Waals surface area contributed by atoms with Crippen LogP contribution in [-0.4, -0.2) is 58.4 Å². The van der Waals surface area contributed by atoms with E-state index >= 15 is 0 Å². The number of halogens is 3. The highest BCUT2D eigenvalue weighted by Crippen LogP contribution is 2.45. The maximum atomic E-state index is 13.4. The van der Waals surface area contributed by atoms with Crippen molar-refractivity contribution in [2.45, 2.75) is 50.4 Å². The van der Waals surface area contributed by atoms with E-state index in [1.165, 1.54) is 24.5 Å². The van der Waals surface area contributed by atoms with Crippen molar-refractivity contribution in [1.29, 1.82) is 5.26 Å². The molecule has 36 heavy (non-hydrogen) atoms. The lowest BCUT2D eigenvalue weighted by atomic mass is 9.76. The number of anilines is 1. The molecule has 3 fully saturated rings. The molecule has 5 rings (SSSR count). The Labute approximate surface area is 206 Å². The molecule has 1 aromatic heterocycles. The number of likely N-dealkylation sites (tertiary alicyclic amines) is 1. The first-order chi connectivity index (χ1) is 17.2. The van der Waals surface area contributed by atoms with Crippen LogP contribution in [0.2, 0.25) is 0 Å². The van der Waals surface area contributed by atoms with Crippen LogP contribution in [0.1, 0.15) is 53.8 Å². The highest BCUT2D eigenvalue weighted by atomic mass is 19.4. The van der Waals surface area contributed by atoms with Crippen LogP contribution >= 0.6 is 0 Å². The molecule has 8 nitrogen and oxygen atoms in total. The van der Waals surface area contributed by atoms with Crippen molar-refractivity contribution in [3.8, 4) is 6.07 Å². The third kappa shape index (κ3) is 4.72. The lowest BCUT2D eigenvalue weighted by molar-refractivity contribution is -0.137. The predicted octanol–water partition coefficient (Wildman–Crippen LogP) is 3.15. The minimum Gasteiger partial charge on any atom is -0.371 e. The summed E-state index contributed by atoms with van der Waals surface area (Å²) in [7, 11) is 0. The van der Waals surface area contributed by atoms with Gasteiger partial charge in [-0.1, -0.05) is 0 Å². The number of nitrogens with one attached hydrogen (secondary N) is 1. The van der Waals surface area contributed by atoms with Crippen LogP contribution in [0, 0.1) is 16.7 Å². The van der Waals surface area contributed by atoms with Crippen LogP contribution in [-0.2, 0) is 11.0 Å². The molecule has 2 aromatic rings. The first-order valence-corrected chi connectivity index (χ1v) is 11.9. The molecule has 3 aliphatic rings. The van der Waals surface area contributed by atoms with Gasteiger partial charge < -0.3 is 15.1 Å². The van der Waals surface area contributed by atoms with Crippen molar-refractivity contribution in [2.24, 2.45) is 5.41 Å². The standard InChI is InChI=1S/C25H25F3N6O2/c26-25(27,28)19-12-18(5-2-16(19)14-29)33-10-6-24(7-11-33)13-20(22(35)32-17-3-4-17)34(15-24)23(36)21-30-8-1-9-31-21/h1-2,5,8-9,12,17,20H,3-4,6-7,10-11,13,15H2,(H,32,35). The minimum atomic E-state index is -4.62. The molecular weight excluding hydrogens is 473 g/mol. The van der Waals surface area contributed by atoms with E-state index in [1.54, 1.807) is 17.0 Å². The number of hydrogen-bond donors (Lipinski definition) is 1. The van der Waals surface area contributed by atoms with Gasteiger partial charge in [0, 0.05) is 43.8 Å². The van der Waals surface area contributed by atoms with E-state index < -0.39 is 29.3 Å². The summed E-state index contributed by atoms with van der Waals surface area (Å²) in [6.45, 7) is 1.32. The van der Waals surface area contributed by atoms with Crippen LogP contribution in [0.4, 0.5) is 18.9 Å². The summed E-state index contributed by atoms with van der Waals surface area (Å²) in [5.41, 5.74) is -1.27. The Hall–Kier alpha value is -3.68. The van der Waals surface area contributed by atoms with Crippen LogP contribution in [0.5, 0.6) is 0 Å². The van der Waals surface area contributed by atoms with Crippen molar-refractivity contribution in [2.75, 3.05) is 24.5 Å². The topological polar surface area (TPSA) is 102 Å². The van der Waals surface area contributed by atoms with Crippen LogP contribution in [0.3, 0.4) is 0 Å². The maximum Gasteiger partial charge on any atom is 0.417 e. The van der Waals surface area contributed by atoms with Gasteiger partial charge >= 0.3 is 6.18 Å². The predicted molar refractivity (Wildman–Crippen MR) is 123 cm³/mol. The van der Waals surface area contributed by atoms with E-state index in [0.717, 1.165) is 18.9 Å². The zero-order valence-electron chi connectivity index (χ0n) is 19.5. The number of hydrogen-bond acceptors (Lipinski definition) is 6. The Bertz CT molecular complexity index is 1200. The summed E-state index contributed by atoms with van der Waals surface area (Å²) in [6.07, 6.45) is 1.91. The lowest BCUT2D eigenvalue weighted by Crippen LogP contribution is -2.47. The van der Waals surface area contributed by atoms with E-state index in [9.17, 15) is 22.8 Å². The molecule has 2 saturated heterocycles. The van der Waals surface area contributed by atoms with Gasteiger partial charge in [-0.25, -0.2) is 9.97 Å². The molecule has 0 radical (unpaired) electrons. The molecule has 1 spiro atoms. The summed E-state index contributed by atoms with van der Waals surface area (Å²) < 4.78 is 40.3. The van der Waals surface area contributed by atoms with Crippen molar-refractivity contribution in [1.82, 2.24) is 20.2 Å². The quantitative estimate of drug-likeness (QED) is 0.695. The van der Waals surface area contributed by atoms with E-state index in [-0.39, 0.29) is 23.2 Å². The fourth-order valence-electron chi connectivity index (χ4n) is 5.23. The average molecular weight is 499 g/mol. The number of carbonyl (C=O) groups is 2. The summed E-state index contributed by atoms with van der Waals surface area (Å²) in [4.78, 5) is 37.9. The zero-order chi connectivity index (χ0) is 25.5. The van der Waals surface area contributed by atoms with E-state index in [0.29, 0.717) is 44.6 Å². The molecule has 1 atom stereocenters. The van der Waals surface area contributed by atoms with E-state index in [1.807, 2.05) is 4.90 Å². The van der Waals surface area contributed by atoms with Gasteiger partial charge in [-0.15, -0.1) is 0 Å². The molecule has 2 amide bonds. The van der Waals surface area contributed by atoms with Gasteiger partial charge in [-0.3, -0.25) is 9.59 Å². The number of alkyl halides is 3. The molecule has 2 aliphatic heterocycles. The Morgan fingerprint density at radius 3 is 2.44 bits per heavy atom. The molecular formula is C25H25F3N6O2. The average Bonchev–Trinajstić information content (AvgIpc) is 3.62. The molecule has 1 unspecified atom stereocenters. The van der Waals surface area contributed by atoms with Crippen molar-refractivity contribution in [3.63, 3.8) is 0 Å². The number of nitriles is 1. The third-order valence-corrected chi connectivity index (χ3v) is 7.37. The number of piperidine rings is 1. The Kier molecular flexibility index (Phi) is 6.06.